The van der Waals surface area contributed by atoms with Crippen molar-refractivity contribution in [2.24, 2.45) is 0 Å². The molecule has 0 bridgehead atoms. The van der Waals surface area contributed by atoms with Gasteiger partial charge in [-0.05, 0) is 33.0 Å². The fourth-order valence-electron chi connectivity index (χ4n) is 2.00. The molecule has 2 aromatic rings. The Kier molecular flexibility index (Phi) is 6.44. The van der Waals surface area contributed by atoms with Crippen LogP contribution in [-0.2, 0) is 11.3 Å². The van der Waals surface area contributed by atoms with Gasteiger partial charge in [0.1, 0.15) is 4.47 Å². The standard InChI is InChI=1S/C14H13BrF2N4O5/c1-25-11-6-8(2-3-10(11)26-14(16)17)18-12(22)4-5-20-7-9(15)13(19-20)21(23)24/h2-3,6-7,14H,4-5H2,1H3,(H,18,22). The van der Waals surface area contributed by atoms with E-state index in [1.54, 1.807) is 0 Å². The molecule has 2 rings (SSSR count). The molecule has 0 atom stereocenters. The van der Waals surface area contributed by atoms with Crippen LogP contribution >= 0.6 is 15.9 Å². The number of nitrogens with one attached hydrogen (secondary N) is 1. The summed E-state index contributed by atoms with van der Waals surface area (Å²) >= 11 is 3.01. The zero-order chi connectivity index (χ0) is 19.3. The predicted molar refractivity (Wildman–Crippen MR) is 89.5 cm³/mol. The fraction of sp³-hybridized carbons (Fsp3) is 0.286. The number of aryl methyl sites for hydroxylation is 1. The molecule has 0 spiro atoms. The number of hydrogen-bond donors (Lipinski definition) is 1. The summed E-state index contributed by atoms with van der Waals surface area (Å²) in [6.45, 7) is -2.89. The maximum absolute atomic E-state index is 12.3. The second-order valence-corrected chi connectivity index (χ2v) is 5.72. The lowest BCUT2D eigenvalue weighted by Gasteiger charge is -2.12. The lowest BCUT2D eigenvalue weighted by atomic mass is 10.2. The highest BCUT2D eigenvalue weighted by Gasteiger charge is 2.19. The smallest absolute Gasteiger partial charge is 0.404 e. The largest absolute Gasteiger partial charge is 0.493 e. The van der Waals surface area contributed by atoms with E-state index in [0.717, 1.165) is 0 Å². The average Bonchev–Trinajstić information content (AvgIpc) is 2.95. The van der Waals surface area contributed by atoms with Gasteiger partial charge >= 0.3 is 12.4 Å². The Bertz CT molecular complexity index is 815. The number of carbonyl (C=O) groups excluding carboxylic acids is 1. The molecule has 0 aliphatic heterocycles. The van der Waals surface area contributed by atoms with E-state index in [4.69, 9.17) is 4.74 Å². The van der Waals surface area contributed by atoms with E-state index in [2.05, 4.69) is 31.1 Å². The van der Waals surface area contributed by atoms with Crippen LogP contribution < -0.4 is 14.8 Å². The number of halogens is 3. The molecule has 1 aromatic carbocycles. The van der Waals surface area contributed by atoms with E-state index in [1.165, 1.54) is 36.2 Å². The summed E-state index contributed by atoms with van der Waals surface area (Å²) in [6.07, 6.45) is 1.38. The van der Waals surface area contributed by atoms with Crippen LogP contribution in [0.5, 0.6) is 11.5 Å². The van der Waals surface area contributed by atoms with Crippen molar-refractivity contribution < 1.29 is 28.0 Å². The van der Waals surface area contributed by atoms with E-state index in [1.807, 2.05) is 0 Å². The molecule has 1 amide bonds. The van der Waals surface area contributed by atoms with Crippen molar-refractivity contribution in [3.63, 3.8) is 0 Å². The zero-order valence-corrected chi connectivity index (χ0v) is 14.9. The molecule has 1 heterocycles. The minimum absolute atomic E-state index is 0.0110. The molecule has 0 fully saturated rings. The number of nitrogens with zero attached hydrogens (tertiary/aromatic N) is 3. The molecule has 0 unspecified atom stereocenters. The molecule has 0 saturated heterocycles. The molecular weight excluding hydrogens is 422 g/mol. The Morgan fingerprint density at radius 3 is 2.77 bits per heavy atom. The van der Waals surface area contributed by atoms with Crippen molar-refractivity contribution in [1.29, 1.82) is 0 Å². The highest BCUT2D eigenvalue weighted by molar-refractivity contribution is 9.10. The zero-order valence-electron chi connectivity index (χ0n) is 13.3. The van der Waals surface area contributed by atoms with Gasteiger partial charge in [0, 0.05) is 18.2 Å². The van der Waals surface area contributed by atoms with E-state index >= 15 is 0 Å². The first-order valence-electron chi connectivity index (χ1n) is 7.10. The first-order valence-corrected chi connectivity index (χ1v) is 7.89. The van der Waals surface area contributed by atoms with Gasteiger partial charge in [0.2, 0.25) is 5.91 Å². The van der Waals surface area contributed by atoms with Crippen LogP contribution in [0.1, 0.15) is 6.42 Å². The second kappa shape index (κ2) is 8.56. The van der Waals surface area contributed by atoms with Crippen LogP contribution in [0, 0.1) is 10.1 Å². The molecule has 0 aliphatic rings. The van der Waals surface area contributed by atoms with Crippen molar-refractivity contribution in [1.82, 2.24) is 9.78 Å². The number of ether oxygens (including phenoxy) is 2. The Hall–Kier alpha value is -2.76. The Morgan fingerprint density at radius 2 is 2.19 bits per heavy atom. The number of hydrogen-bond acceptors (Lipinski definition) is 6. The van der Waals surface area contributed by atoms with Crippen LogP contribution in [0.4, 0.5) is 20.3 Å². The van der Waals surface area contributed by atoms with E-state index in [-0.39, 0.29) is 34.8 Å². The van der Waals surface area contributed by atoms with Gasteiger partial charge in [-0.15, -0.1) is 0 Å². The van der Waals surface area contributed by atoms with Gasteiger partial charge < -0.3 is 24.9 Å². The summed E-state index contributed by atoms with van der Waals surface area (Å²) in [5, 5.41) is 17.0. The quantitative estimate of drug-likeness (QED) is 0.504. The van der Waals surface area contributed by atoms with Crippen LogP contribution in [0.25, 0.3) is 0 Å². The molecule has 0 aliphatic carbocycles. The SMILES string of the molecule is COc1cc(NC(=O)CCn2cc(Br)c([N+](=O)[O-])n2)ccc1OC(F)F. The van der Waals surface area contributed by atoms with E-state index in [9.17, 15) is 23.7 Å². The van der Waals surface area contributed by atoms with E-state index < -0.39 is 17.4 Å². The highest BCUT2D eigenvalue weighted by Crippen LogP contribution is 2.31. The lowest BCUT2D eigenvalue weighted by molar-refractivity contribution is -0.390. The van der Waals surface area contributed by atoms with Gasteiger partial charge in [-0.3, -0.25) is 4.79 Å². The van der Waals surface area contributed by atoms with Gasteiger partial charge in [-0.2, -0.15) is 13.5 Å². The summed E-state index contributed by atoms with van der Waals surface area (Å²) in [5.41, 5.74) is 0.320. The summed E-state index contributed by atoms with van der Waals surface area (Å²) in [7, 11) is 1.28. The minimum atomic E-state index is -3.00. The summed E-state index contributed by atoms with van der Waals surface area (Å²) < 4.78 is 35.3. The number of nitro groups is 1. The molecule has 0 radical (unpaired) electrons. The fourth-order valence-corrected chi connectivity index (χ4v) is 2.46. The van der Waals surface area contributed by atoms with E-state index in [0.29, 0.717) is 5.69 Å². The van der Waals surface area contributed by atoms with Gasteiger partial charge in [-0.1, -0.05) is 0 Å². The molecule has 9 nitrogen and oxygen atoms in total. The second-order valence-electron chi connectivity index (χ2n) is 4.86. The van der Waals surface area contributed by atoms with Crippen molar-refractivity contribution in [3.8, 4) is 11.5 Å². The number of anilines is 1. The number of carbonyl (C=O) groups is 1. The Morgan fingerprint density at radius 1 is 1.46 bits per heavy atom. The van der Waals surface area contributed by atoms with Crippen LogP contribution in [0.15, 0.2) is 28.9 Å². The minimum Gasteiger partial charge on any atom is -0.493 e. The van der Waals surface area contributed by atoms with Crippen molar-refractivity contribution in [2.45, 2.75) is 19.6 Å². The number of amides is 1. The van der Waals surface area contributed by atoms with Gasteiger partial charge in [0.05, 0.1) is 25.0 Å². The van der Waals surface area contributed by atoms with Crippen molar-refractivity contribution in [2.75, 3.05) is 12.4 Å². The first-order chi connectivity index (χ1) is 12.3. The average molecular weight is 435 g/mol. The van der Waals surface area contributed by atoms with Crippen molar-refractivity contribution >= 4 is 33.3 Å². The molecule has 1 N–H and O–H groups in total. The normalized spacial score (nSPS) is 10.7. The third-order valence-corrected chi connectivity index (χ3v) is 3.66. The number of aromatic nitrogens is 2. The van der Waals surface area contributed by atoms with Crippen molar-refractivity contribution in [3.05, 3.63) is 39.0 Å². The van der Waals surface area contributed by atoms with Gasteiger partial charge in [0.15, 0.2) is 11.5 Å². The van der Waals surface area contributed by atoms with Gasteiger partial charge in [0.25, 0.3) is 0 Å². The molecule has 140 valence electrons. The summed E-state index contributed by atoms with van der Waals surface area (Å²) in [5.74, 6) is -0.863. The Labute approximate surface area is 154 Å². The van der Waals surface area contributed by atoms with Crippen LogP contribution in [-0.4, -0.2) is 34.3 Å². The number of benzene rings is 1. The van der Waals surface area contributed by atoms with Gasteiger partial charge in [-0.25, -0.2) is 0 Å². The molecule has 1 aromatic heterocycles. The third kappa shape index (κ3) is 5.12. The van der Waals surface area contributed by atoms with Crippen LogP contribution in [0.3, 0.4) is 0 Å². The molecule has 12 heteroatoms. The monoisotopic (exact) mass is 434 g/mol. The highest BCUT2D eigenvalue weighted by atomic mass is 79.9. The summed E-state index contributed by atoms with van der Waals surface area (Å²) in [6, 6.07) is 3.97. The number of rotatable bonds is 8. The maximum atomic E-state index is 12.3. The maximum Gasteiger partial charge on any atom is 0.404 e. The number of methoxy groups -OCH3 is 1. The predicted octanol–water partition coefficient (Wildman–Crippen LogP) is 3.19. The first kappa shape index (κ1) is 19.6. The molecular formula is C14H13BrF2N4O5. The molecule has 0 saturated carbocycles. The molecule has 26 heavy (non-hydrogen) atoms. The van der Waals surface area contributed by atoms with Crippen LogP contribution in [0.2, 0.25) is 0 Å². The topological polar surface area (TPSA) is 109 Å². The lowest BCUT2D eigenvalue weighted by Crippen LogP contribution is -2.15. The Balaban J connectivity index is 1.97. The number of alkyl halides is 2. The summed E-state index contributed by atoms with van der Waals surface area (Å²) in [4.78, 5) is 22.1. The third-order valence-electron chi connectivity index (χ3n) is 3.10.